The first-order valence-electron chi connectivity index (χ1n) is 6.11. The molecule has 2 aromatic rings. The van der Waals surface area contributed by atoms with E-state index in [0.29, 0.717) is 6.42 Å². The van der Waals surface area contributed by atoms with Gasteiger partial charge in [0.15, 0.2) is 0 Å². The molecule has 20 heavy (non-hydrogen) atoms. The number of anilines is 1. The number of aromatic hydroxyl groups is 1. The average Bonchev–Trinajstić information content (AvgIpc) is 2.41. The van der Waals surface area contributed by atoms with Gasteiger partial charge in [0.25, 0.3) is 0 Å². The van der Waals surface area contributed by atoms with Crippen molar-refractivity contribution in [3.63, 3.8) is 0 Å². The van der Waals surface area contributed by atoms with E-state index in [0.717, 1.165) is 5.56 Å². The molecule has 0 radical (unpaired) electrons. The van der Waals surface area contributed by atoms with Crippen LogP contribution in [0.2, 0.25) is 0 Å². The van der Waals surface area contributed by atoms with Crippen molar-refractivity contribution in [2.45, 2.75) is 11.3 Å². The summed E-state index contributed by atoms with van der Waals surface area (Å²) in [5.74, 6) is 0.186. The Bertz CT molecular complexity index is 682. The third-order valence-corrected chi connectivity index (χ3v) is 4.39. The second kappa shape index (κ2) is 5.94. The number of phenolic OH excluding ortho intramolecular Hbond substituents is 1. The van der Waals surface area contributed by atoms with Crippen LogP contribution in [0.15, 0.2) is 53.4 Å². The lowest BCUT2D eigenvalue weighted by Crippen LogP contribution is -2.26. The molecule has 106 valence electrons. The molecule has 0 heterocycles. The van der Waals surface area contributed by atoms with Gasteiger partial charge in [-0.1, -0.05) is 24.3 Å². The Labute approximate surface area is 118 Å². The van der Waals surface area contributed by atoms with Gasteiger partial charge in [-0.2, -0.15) is 0 Å². The Hall–Kier alpha value is -2.05. The van der Waals surface area contributed by atoms with Crippen LogP contribution in [-0.4, -0.2) is 20.1 Å². The summed E-state index contributed by atoms with van der Waals surface area (Å²) < 4.78 is 26.6. The van der Waals surface area contributed by atoms with Gasteiger partial charge < -0.3 is 10.8 Å². The van der Waals surface area contributed by atoms with Crippen molar-refractivity contribution >= 4 is 15.7 Å². The maximum atomic E-state index is 12.1. The number of nitrogens with one attached hydrogen (secondary N) is 1. The molecule has 0 aliphatic rings. The summed E-state index contributed by atoms with van der Waals surface area (Å²) in [5.41, 5.74) is 6.82. The van der Waals surface area contributed by atoms with Gasteiger partial charge >= 0.3 is 0 Å². The molecule has 0 saturated carbocycles. The molecule has 0 saturated heterocycles. The maximum Gasteiger partial charge on any atom is 0.242 e. The molecule has 0 fully saturated rings. The largest absolute Gasteiger partial charge is 0.508 e. The second-order valence-electron chi connectivity index (χ2n) is 4.35. The third kappa shape index (κ3) is 3.49. The van der Waals surface area contributed by atoms with Gasteiger partial charge in [0.2, 0.25) is 10.0 Å². The van der Waals surface area contributed by atoms with E-state index in [4.69, 9.17) is 10.8 Å². The normalized spacial score (nSPS) is 11.4. The summed E-state index contributed by atoms with van der Waals surface area (Å²) in [7, 11) is -3.59. The molecule has 0 aliphatic heterocycles. The maximum absolute atomic E-state index is 12.1. The van der Waals surface area contributed by atoms with E-state index >= 15 is 0 Å². The molecule has 2 rings (SSSR count). The Morgan fingerprint density at radius 2 is 1.70 bits per heavy atom. The van der Waals surface area contributed by atoms with Crippen LogP contribution in [0.5, 0.6) is 5.75 Å². The number of sulfonamides is 1. The van der Waals surface area contributed by atoms with E-state index in [2.05, 4.69) is 4.72 Å². The van der Waals surface area contributed by atoms with Crippen molar-refractivity contribution in [3.05, 3.63) is 54.1 Å². The molecule has 0 amide bonds. The van der Waals surface area contributed by atoms with Crippen molar-refractivity contribution in [2.24, 2.45) is 0 Å². The number of benzene rings is 2. The monoisotopic (exact) mass is 292 g/mol. The highest BCUT2D eigenvalue weighted by Gasteiger charge is 2.15. The molecule has 0 unspecified atom stereocenters. The summed E-state index contributed by atoms with van der Waals surface area (Å²) in [4.78, 5) is 0.0886. The van der Waals surface area contributed by atoms with Crippen molar-refractivity contribution in [1.82, 2.24) is 4.72 Å². The summed E-state index contributed by atoms with van der Waals surface area (Å²) >= 11 is 0. The van der Waals surface area contributed by atoms with E-state index in [9.17, 15) is 8.42 Å². The van der Waals surface area contributed by atoms with Gasteiger partial charge in [-0.15, -0.1) is 0 Å². The van der Waals surface area contributed by atoms with E-state index in [-0.39, 0.29) is 22.9 Å². The lowest BCUT2D eigenvalue weighted by Gasteiger charge is -2.09. The number of nitrogens with two attached hydrogens (primary N) is 1. The van der Waals surface area contributed by atoms with Gasteiger partial charge in [-0.3, -0.25) is 0 Å². The molecule has 0 atom stereocenters. The van der Waals surface area contributed by atoms with Crippen LogP contribution >= 0.6 is 0 Å². The smallest absolute Gasteiger partial charge is 0.242 e. The molecule has 5 nitrogen and oxygen atoms in total. The first kappa shape index (κ1) is 14.4. The Morgan fingerprint density at radius 3 is 2.35 bits per heavy atom. The minimum atomic E-state index is -3.59. The predicted octanol–water partition coefficient (Wildman–Crippen LogP) is 1.50. The molecule has 4 N–H and O–H groups in total. The van der Waals surface area contributed by atoms with Crippen molar-refractivity contribution in [3.8, 4) is 5.75 Å². The van der Waals surface area contributed by atoms with Crippen molar-refractivity contribution in [1.29, 1.82) is 0 Å². The number of phenols is 1. The Balaban J connectivity index is 2.00. The van der Waals surface area contributed by atoms with E-state index in [1.165, 1.54) is 6.07 Å². The second-order valence-corrected chi connectivity index (χ2v) is 6.09. The van der Waals surface area contributed by atoms with Gasteiger partial charge in [0.05, 0.1) is 5.69 Å². The van der Waals surface area contributed by atoms with Crippen LogP contribution in [-0.2, 0) is 16.4 Å². The van der Waals surface area contributed by atoms with Crippen LogP contribution < -0.4 is 10.5 Å². The number of hydrogen-bond donors (Lipinski definition) is 3. The zero-order valence-corrected chi connectivity index (χ0v) is 11.6. The lowest BCUT2D eigenvalue weighted by molar-refractivity contribution is 0.475. The molecule has 0 aromatic heterocycles. The molecular formula is C14H16N2O3S. The Morgan fingerprint density at radius 1 is 1.05 bits per heavy atom. The fourth-order valence-electron chi connectivity index (χ4n) is 1.80. The van der Waals surface area contributed by atoms with E-state index in [1.807, 2.05) is 0 Å². The molecule has 6 heteroatoms. The third-order valence-electron chi connectivity index (χ3n) is 2.85. The fraction of sp³-hybridized carbons (Fsp3) is 0.143. The van der Waals surface area contributed by atoms with Crippen LogP contribution in [0.4, 0.5) is 5.69 Å². The summed E-state index contributed by atoms with van der Waals surface area (Å²) in [6, 6.07) is 13.0. The first-order chi connectivity index (χ1) is 9.49. The van der Waals surface area contributed by atoms with E-state index in [1.54, 1.807) is 42.5 Å². The first-order valence-corrected chi connectivity index (χ1v) is 7.59. The lowest BCUT2D eigenvalue weighted by atomic mass is 10.1. The minimum Gasteiger partial charge on any atom is -0.508 e. The summed E-state index contributed by atoms with van der Waals surface area (Å²) in [6.45, 7) is 0.265. The summed E-state index contributed by atoms with van der Waals surface area (Å²) in [5, 5.41) is 9.17. The molecular weight excluding hydrogens is 276 g/mol. The predicted molar refractivity (Wildman–Crippen MR) is 77.9 cm³/mol. The van der Waals surface area contributed by atoms with Gasteiger partial charge in [-0.25, -0.2) is 13.1 Å². The number of hydrogen-bond acceptors (Lipinski definition) is 4. The zero-order chi connectivity index (χ0) is 14.6. The van der Waals surface area contributed by atoms with Crippen LogP contribution in [0.25, 0.3) is 0 Å². The molecule has 2 aromatic carbocycles. The van der Waals surface area contributed by atoms with Crippen LogP contribution in [0, 0.1) is 0 Å². The standard InChI is InChI=1S/C14H16N2O3S/c15-13-3-1-2-4-14(13)20(18,19)16-10-9-11-5-7-12(17)8-6-11/h1-8,16-17H,9-10,15H2. The molecule has 0 bridgehead atoms. The van der Waals surface area contributed by atoms with Gasteiger partial charge in [0.1, 0.15) is 10.6 Å². The minimum absolute atomic E-state index is 0.0886. The number of nitrogen functional groups attached to an aromatic ring is 1. The van der Waals surface area contributed by atoms with Crippen molar-refractivity contribution < 1.29 is 13.5 Å². The highest BCUT2D eigenvalue weighted by atomic mass is 32.2. The topological polar surface area (TPSA) is 92.4 Å². The highest BCUT2D eigenvalue weighted by Crippen LogP contribution is 2.16. The average molecular weight is 292 g/mol. The highest BCUT2D eigenvalue weighted by molar-refractivity contribution is 7.89. The Kier molecular flexibility index (Phi) is 4.26. The van der Waals surface area contributed by atoms with E-state index < -0.39 is 10.0 Å². The molecule has 0 aliphatic carbocycles. The number of para-hydroxylation sites is 1. The quantitative estimate of drug-likeness (QED) is 0.728. The molecule has 0 spiro atoms. The fourth-order valence-corrected chi connectivity index (χ4v) is 2.96. The van der Waals surface area contributed by atoms with Crippen LogP contribution in [0.1, 0.15) is 5.56 Å². The van der Waals surface area contributed by atoms with Gasteiger partial charge in [-0.05, 0) is 36.2 Å². The zero-order valence-electron chi connectivity index (χ0n) is 10.8. The van der Waals surface area contributed by atoms with Crippen LogP contribution in [0.3, 0.4) is 0 Å². The van der Waals surface area contributed by atoms with Gasteiger partial charge in [0, 0.05) is 6.54 Å². The SMILES string of the molecule is Nc1ccccc1S(=O)(=O)NCCc1ccc(O)cc1. The number of rotatable bonds is 5. The van der Waals surface area contributed by atoms with Crippen molar-refractivity contribution in [2.75, 3.05) is 12.3 Å². The summed E-state index contributed by atoms with van der Waals surface area (Å²) in [6.07, 6.45) is 0.534.